The van der Waals surface area contributed by atoms with Gasteiger partial charge in [0.1, 0.15) is 0 Å². The van der Waals surface area contributed by atoms with Gasteiger partial charge in [0.25, 0.3) is 0 Å². The van der Waals surface area contributed by atoms with Crippen LogP contribution in [0.15, 0.2) is 182 Å². The molecule has 0 saturated carbocycles. The van der Waals surface area contributed by atoms with E-state index < -0.39 is 0 Å². The van der Waals surface area contributed by atoms with E-state index in [1.165, 1.54) is 107 Å². The Morgan fingerprint density at radius 1 is 0.310 bits per heavy atom. The molecule has 1 aliphatic carbocycles. The van der Waals surface area contributed by atoms with Crippen LogP contribution < -0.4 is 0 Å². The van der Waals surface area contributed by atoms with Crippen molar-refractivity contribution in [2.45, 2.75) is 51.4 Å². The molecule has 10 aromatic rings. The predicted molar refractivity (Wildman–Crippen MR) is 247 cm³/mol. The van der Waals surface area contributed by atoms with Crippen molar-refractivity contribution in [1.82, 2.24) is 9.13 Å². The molecule has 0 atom stereocenters. The lowest BCUT2D eigenvalue weighted by molar-refractivity contribution is 0.332. The Morgan fingerprint density at radius 2 is 0.724 bits per heavy atom. The molecule has 0 saturated heterocycles. The molecule has 0 amide bonds. The van der Waals surface area contributed by atoms with Gasteiger partial charge < -0.3 is 9.13 Å². The van der Waals surface area contributed by atoms with Gasteiger partial charge in [-0.2, -0.15) is 0 Å². The van der Waals surface area contributed by atoms with Crippen molar-refractivity contribution in [3.8, 4) is 44.8 Å². The predicted octanol–water partition coefficient (Wildman–Crippen LogP) is 15.2. The Morgan fingerprint density at radius 3 is 1.29 bits per heavy atom. The summed E-state index contributed by atoms with van der Waals surface area (Å²) in [6.07, 6.45) is 2.43. The monoisotopic (exact) mass is 746 g/mol. The molecule has 2 heteroatoms. The first kappa shape index (κ1) is 34.6. The Bertz CT molecular complexity index is 3220. The van der Waals surface area contributed by atoms with E-state index in [-0.39, 0.29) is 10.8 Å². The normalized spacial score (nSPS) is 14.7. The largest absolute Gasteiger partial charge is 0.309 e. The van der Waals surface area contributed by atoms with Crippen LogP contribution in [0.2, 0.25) is 0 Å². The van der Waals surface area contributed by atoms with E-state index in [2.05, 4.69) is 219 Å². The van der Waals surface area contributed by atoms with Crippen molar-refractivity contribution in [2.24, 2.45) is 0 Å². The first-order valence-electron chi connectivity index (χ1n) is 20.7. The molecule has 0 N–H and O–H groups in total. The zero-order valence-electron chi connectivity index (χ0n) is 33.6. The minimum absolute atomic E-state index is 0.166. The number of fused-ring (bicyclic) bond motifs is 7. The smallest absolute Gasteiger partial charge is 0.0541 e. The summed E-state index contributed by atoms with van der Waals surface area (Å²) in [5.41, 5.74) is 18.0. The number of aromatic nitrogens is 2. The van der Waals surface area contributed by atoms with Crippen LogP contribution in [-0.2, 0) is 10.8 Å². The van der Waals surface area contributed by atoms with E-state index >= 15 is 0 Å². The van der Waals surface area contributed by atoms with E-state index in [9.17, 15) is 0 Å². The van der Waals surface area contributed by atoms with Gasteiger partial charge in [-0.05, 0) is 129 Å². The second kappa shape index (κ2) is 12.9. The molecule has 0 fully saturated rings. The first-order chi connectivity index (χ1) is 28.2. The van der Waals surface area contributed by atoms with Gasteiger partial charge in [-0.1, -0.05) is 149 Å². The van der Waals surface area contributed by atoms with Crippen LogP contribution in [0.25, 0.3) is 88.4 Å². The molecule has 1 aliphatic rings. The number of nitrogens with zero attached hydrogens (tertiary/aromatic N) is 2. The number of rotatable bonds is 5. The summed E-state index contributed by atoms with van der Waals surface area (Å²) < 4.78 is 4.86. The second-order valence-electron chi connectivity index (χ2n) is 17.7. The van der Waals surface area contributed by atoms with Crippen molar-refractivity contribution in [1.29, 1.82) is 0 Å². The molecular weight excluding hydrogens is 701 g/mol. The average Bonchev–Trinajstić information content (AvgIpc) is 3.78. The number of para-hydroxylation sites is 2. The molecule has 2 nitrogen and oxygen atoms in total. The molecule has 8 aromatic carbocycles. The van der Waals surface area contributed by atoms with E-state index in [4.69, 9.17) is 0 Å². The summed E-state index contributed by atoms with van der Waals surface area (Å²) in [4.78, 5) is 0. The zero-order valence-corrected chi connectivity index (χ0v) is 33.6. The fourth-order valence-electron chi connectivity index (χ4n) is 9.91. The van der Waals surface area contributed by atoms with Crippen LogP contribution in [0, 0.1) is 0 Å². The molecule has 58 heavy (non-hydrogen) atoms. The SMILES string of the molecule is CC1(C)CCC(C)(C)c2cc(-c3cccc(-n4c5ccccc5c5cc(-c6ccc7c(c6)c6ccccc6n7-c6cccc(-c7ccccc7)c6)ccc54)c3)ccc21. The molecule has 0 bridgehead atoms. The summed E-state index contributed by atoms with van der Waals surface area (Å²) in [7, 11) is 0. The number of benzene rings is 8. The minimum Gasteiger partial charge on any atom is -0.309 e. The van der Waals surface area contributed by atoms with Gasteiger partial charge in [0, 0.05) is 32.9 Å². The van der Waals surface area contributed by atoms with Crippen LogP contribution >= 0.6 is 0 Å². The van der Waals surface area contributed by atoms with Crippen molar-refractivity contribution < 1.29 is 0 Å². The molecule has 0 aliphatic heterocycles. The lowest BCUT2D eigenvalue weighted by atomic mass is 9.63. The van der Waals surface area contributed by atoms with Crippen molar-refractivity contribution in [3.63, 3.8) is 0 Å². The quantitative estimate of drug-likeness (QED) is 0.166. The minimum atomic E-state index is 0.166. The van der Waals surface area contributed by atoms with Crippen LogP contribution in [0.3, 0.4) is 0 Å². The molecule has 0 radical (unpaired) electrons. The Labute approximate surface area is 340 Å². The fourth-order valence-corrected chi connectivity index (χ4v) is 9.91. The molecule has 280 valence electrons. The van der Waals surface area contributed by atoms with Crippen LogP contribution in [0.4, 0.5) is 0 Å². The molecule has 11 rings (SSSR count). The third-order valence-corrected chi connectivity index (χ3v) is 13.2. The van der Waals surface area contributed by atoms with Gasteiger partial charge in [0.05, 0.1) is 22.1 Å². The van der Waals surface area contributed by atoms with E-state index in [1.807, 2.05) is 0 Å². The highest BCUT2D eigenvalue weighted by molar-refractivity contribution is 6.12. The Kier molecular flexibility index (Phi) is 7.72. The summed E-state index contributed by atoms with van der Waals surface area (Å²) in [5, 5.41) is 5.04. The Hall–Kier alpha value is -6.64. The van der Waals surface area contributed by atoms with Crippen molar-refractivity contribution in [3.05, 3.63) is 193 Å². The van der Waals surface area contributed by atoms with Crippen molar-refractivity contribution >= 4 is 43.6 Å². The van der Waals surface area contributed by atoms with E-state index in [1.54, 1.807) is 0 Å². The van der Waals surface area contributed by atoms with Crippen LogP contribution in [-0.4, -0.2) is 9.13 Å². The maximum absolute atomic E-state index is 2.48. The van der Waals surface area contributed by atoms with Gasteiger partial charge in [-0.25, -0.2) is 0 Å². The maximum Gasteiger partial charge on any atom is 0.0541 e. The third-order valence-electron chi connectivity index (χ3n) is 13.2. The first-order valence-corrected chi connectivity index (χ1v) is 20.7. The molecule has 0 unspecified atom stereocenters. The zero-order chi connectivity index (χ0) is 39.2. The molecule has 0 spiro atoms. The summed E-state index contributed by atoms with van der Waals surface area (Å²) in [6.45, 7) is 9.63. The molecular formula is C56H46N2. The molecule has 2 aromatic heterocycles. The number of hydrogen-bond acceptors (Lipinski definition) is 0. The van der Waals surface area contributed by atoms with Gasteiger partial charge in [-0.15, -0.1) is 0 Å². The average molecular weight is 747 g/mol. The number of hydrogen-bond donors (Lipinski definition) is 0. The Balaban J connectivity index is 1.02. The maximum atomic E-state index is 2.48. The van der Waals surface area contributed by atoms with E-state index in [0.29, 0.717) is 0 Å². The van der Waals surface area contributed by atoms with Gasteiger partial charge in [0.2, 0.25) is 0 Å². The van der Waals surface area contributed by atoms with Crippen LogP contribution in [0.5, 0.6) is 0 Å². The highest BCUT2D eigenvalue weighted by atomic mass is 15.0. The fraction of sp³-hybridized carbons (Fsp3) is 0.143. The van der Waals surface area contributed by atoms with Gasteiger partial charge in [-0.3, -0.25) is 0 Å². The topological polar surface area (TPSA) is 9.86 Å². The second-order valence-corrected chi connectivity index (χ2v) is 17.7. The molecule has 2 heterocycles. The highest BCUT2D eigenvalue weighted by Crippen LogP contribution is 2.47. The lowest BCUT2D eigenvalue weighted by Gasteiger charge is -2.42. The van der Waals surface area contributed by atoms with Gasteiger partial charge >= 0.3 is 0 Å². The third kappa shape index (κ3) is 5.46. The summed E-state index contributed by atoms with van der Waals surface area (Å²) in [6, 6.07) is 67.6. The lowest BCUT2D eigenvalue weighted by Crippen LogP contribution is -2.33. The summed E-state index contributed by atoms with van der Waals surface area (Å²) >= 11 is 0. The standard InChI is InChI=1S/C56H46N2/c1-55(2)30-31-56(3,4)50-36-42(24-27-49(50)55)39-17-13-19-44(33-39)58-52-23-11-9-21-46(52)48-35-41(26-29-54(48)58)40-25-28-53-47(34-40)45-20-8-10-22-51(45)57(53)43-18-12-16-38(32-43)37-14-6-5-7-15-37/h5-29,32-36H,30-31H2,1-4H3. The van der Waals surface area contributed by atoms with E-state index in [0.717, 1.165) is 5.69 Å². The summed E-state index contributed by atoms with van der Waals surface area (Å²) in [5.74, 6) is 0. The van der Waals surface area contributed by atoms with Gasteiger partial charge in [0.15, 0.2) is 0 Å². The van der Waals surface area contributed by atoms with Crippen LogP contribution in [0.1, 0.15) is 51.7 Å². The van der Waals surface area contributed by atoms with Crippen molar-refractivity contribution in [2.75, 3.05) is 0 Å². The highest BCUT2D eigenvalue weighted by Gasteiger charge is 2.37.